The molecule has 7 heteroatoms. The van der Waals surface area contributed by atoms with Crippen LogP contribution < -0.4 is 5.32 Å². The second-order valence-corrected chi connectivity index (χ2v) is 6.59. The van der Waals surface area contributed by atoms with Crippen LogP contribution in [0.3, 0.4) is 0 Å². The standard InChI is InChI=1S/C15H14N4OS2/c1-8-4-5-11(6-9(8)2)12-7-21-15(16-12)17-14(20)13-10(3)18-19-22-13/h4-7H,1-3H3,(H,16,17,20). The number of aryl methyl sites for hydroxylation is 3. The number of carbonyl (C=O) groups is 1. The average Bonchev–Trinajstić information content (AvgIpc) is 3.11. The first-order valence-electron chi connectivity index (χ1n) is 6.68. The molecule has 0 bridgehead atoms. The lowest BCUT2D eigenvalue weighted by atomic mass is 10.1. The molecule has 1 amide bonds. The maximum absolute atomic E-state index is 12.1. The molecule has 1 aromatic carbocycles. The summed E-state index contributed by atoms with van der Waals surface area (Å²) in [5, 5.41) is 9.16. The minimum Gasteiger partial charge on any atom is -0.297 e. The molecule has 0 spiro atoms. The van der Waals surface area contributed by atoms with Gasteiger partial charge >= 0.3 is 0 Å². The van der Waals surface area contributed by atoms with Gasteiger partial charge in [0.15, 0.2) is 5.13 Å². The van der Waals surface area contributed by atoms with Crippen molar-refractivity contribution in [1.82, 2.24) is 14.6 Å². The number of hydrogen-bond acceptors (Lipinski definition) is 6. The number of amides is 1. The number of aromatic nitrogens is 3. The predicted octanol–water partition coefficient (Wildman–Crippen LogP) is 3.84. The minimum absolute atomic E-state index is 0.214. The van der Waals surface area contributed by atoms with Crippen LogP contribution in [0.15, 0.2) is 23.6 Å². The molecule has 0 saturated carbocycles. The third-order valence-electron chi connectivity index (χ3n) is 3.39. The van der Waals surface area contributed by atoms with Crippen LogP contribution in [-0.4, -0.2) is 20.5 Å². The van der Waals surface area contributed by atoms with Gasteiger partial charge < -0.3 is 0 Å². The fraction of sp³-hybridized carbons (Fsp3) is 0.200. The van der Waals surface area contributed by atoms with Crippen LogP contribution in [0.25, 0.3) is 11.3 Å². The van der Waals surface area contributed by atoms with Gasteiger partial charge in [0.05, 0.1) is 11.4 Å². The number of nitrogens with one attached hydrogen (secondary N) is 1. The number of thiazole rings is 1. The smallest absolute Gasteiger partial charge is 0.271 e. The fourth-order valence-electron chi connectivity index (χ4n) is 1.96. The third-order valence-corrected chi connectivity index (χ3v) is 4.97. The summed E-state index contributed by atoms with van der Waals surface area (Å²) in [5.74, 6) is -0.214. The highest BCUT2D eigenvalue weighted by molar-refractivity contribution is 7.14. The van der Waals surface area contributed by atoms with E-state index in [9.17, 15) is 4.79 Å². The van der Waals surface area contributed by atoms with E-state index in [2.05, 4.69) is 45.9 Å². The van der Waals surface area contributed by atoms with Crippen LogP contribution in [0.1, 0.15) is 26.5 Å². The first-order chi connectivity index (χ1) is 10.5. The van der Waals surface area contributed by atoms with Crippen molar-refractivity contribution in [3.8, 4) is 11.3 Å². The molecule has 22 heavy (non-hydrogen) atoms. The highest BCUT2D eigenvalue weighted by atomic mass is 32.1. The molecular weight excluding hydrogens is 316 g/mol. The summed E-state index contributed by atoms with van der Waals surface area (Å²) in [7, 11) is 0. The van der Waals surface area contributed by atoms with Crippen molar-refractivity contribution in [3.63, 3.8) is 0 Å². The Morgan fingerprint density at radius 3 is 2.68 bits per heavy atom. The van der Waals surface area contributed by atoms with Gasteiger partial charge in [0.2, 0.25) is 0 Å². The molecule has 0 unspecified atom stereocenters. The van der Waals surface area contributed by atoms with Crippen molar-refractivity contribution in [3.05, 3.63) is 45.3 Å². The second kappa shape index (κ2) is 5.94. The molecule has 3 aromatic rings. The van der Waals surface area contributed by atoms with Gasteiger partial charge in [-0.1, -0.05) is 16.6 Å². The van der Waals surface area contributed by atoms with Gasteiger partial charge in [-0.15, -0.1) is 16.4 Å². The molecule has 2 heterocycles. The first-order valence-corrected chi connectivity index (χ1v) is 8.33. The Kier molecular flexibility index (Phi) is 4.00. The van der Waals surface area contributed by atoms with Crippen LogP contribution in [-0.2, 0) is 0 Å². The molecule has 112 valence electrons. The van der Waals surface area contributed by atoms with E-state index in [0.29, 0.717) is 15.7 Å². The van der Waals surface area contributed by atoms with Crippen molar-refractivity contribution < 1.29 is 4.79 Å². The normalized spacial score (nSPS) is 10.7. The van der Waals surface area contributed by atoms with Gasteiger partial charge in [-0.2, -0.15) is 0 Å². The lowest BCUT2D eigenvalue weighted by molar-refractivity contribution is 0.103. The van der Waals surface area contributed by atoms with Gasteiger partial charge in [0.25, 0.3) is 5.91 Å². The molecule has 0 aliphatic heterocycles. The summed E-state index contributed by atoms with van der Waals surface area (Å²) in [6.07, 6.45) is 0. The molecule has 2 aromatic heterocycles. The highest BCUT2D eigenvalue weighted by Gasteiger charge is 2.15. The van der Waals surface area contributed by atoms with Crippen molar-refractivity contribution in [1.29, 1.82) is 0 Å². The van der Waals surface area contributed by atoms with Gasteiger partial charge in [0.1, 0.15) is 4.88 Å². The van der Waals surface area contributed by atoms with E-state index in [-0.39, 0.29) is 5.91 Å². The summed E-state index contributed by atoms with van der Waals surface area (Å²) in [6.45, 7) is 5.92. The molecular formula is C15H14N4OS2. The van der Waals surface area contributed by atoms with E-state index in [0.717, 1.165) is 22.8 Å². The Labute approximate surface area is 136 Å². The van der Waals surface area contributed by atoms with E-state index in [1.165, 1.54) is 22.5 Å². The van der Waals surface area contributed by atoms with Crippen LogP contribution >= 0.6 is 22.9 Å². The number of nitrogens with zero attached hydrogens (tertiary/aromatic N) is 3. The molecule has 1 N–H and O–H groups in total. The summed E-state index contributed by atoms with van der Waals surface area (Å²) < 4.78 is 3.77. The number of hydrogen-bond donors (Lipinski definition) is 1. The van der Waals surface area contributed by atoms with E-state index < -0.39 is 0 Å². The quantitative estimate of drug-likeness (QED) is 0.792. The van der Waals surface area contributed by atoms with Gasteiger partial charge in [-0.25, -0.2) is 4.98 Å². The summed E-state index contributed by atoms with van der Waals surface area (Å²) in [5.41, 5.74) is 5.02. The van der Waals surface area contributed by atoms with Crippen LogP contribution in [0.2, 0.25) is 0 Å². The average molecular weight is 330 g/mol. The lowest BCUT2D eigenvalue weighted by Crippen LogP contribution is -2.11. The first kappa shape index (κ1) is 14.8. The molecule has 0 saturated heterocycles. The van der Waals surface area contributed by atoms with E-state index in [1.54, 1.807) is 6.92 Å². The monoisotopic (exact) mass is 330 g/mol. The second-order valence-electron chi connectivity index (χ2n) is 4.98. The zero-order valence-corrected chi connectivity index (χ0v) is 14.0. The molecule has 0 atom stereocenters. The fourth-order valence-corrected chi connectivity index (χ4v) is 3.22. The van der Waals surface area contributed by atoms with Gasteiger partial charge in [-0.3, -0.25) is 10.1 Å². The van der Waals surface area contributed by atoms with Crippen molar-refractivity contribution in [2.45, 2.75) is 20.8 Å². The van der Waals surface area contributed by atoms with Crippen LogP contribution in [0.5, 0.6) is 0 Å². The van der Waals surface area contributed by atoms with Crippen molar-refractivity contribution in [2.24, 2.45) is 0 Å². The number of carbonyl (C=O) groups excluding carboxylic acids is 1. The summed E-state index contributed by atoms with van der Waals surface area (Å²) in [4.78, 5) is 17.1. The molecule has 0 aliphatic rings. The van der Waals surface area contributed by atoms with E-state index >= 15 is 0 Å². The minimum atomic E-state index is -0.214. The Balaban J connectivity index is 1.80. The maximum Gasteiger partial charge on any atom is 0.271 e. The number of anilines is 1. The zero-order valence-electron chi connectivity index (χ0n) is 12.4. The Hall–Kier alpha value is -2.12. The van der Waals surface area contributed by atoms with Gasteiger partial charge in [0, 0.05) is 10.9 Å². The van der Waals surface area contributed by atoms with Crippen LogP contribution in [0, 0.1) is 20.8 Å². The summed E-state index contributed by atoms with van der Waals surface area (Å²) >= 11 is 2.49. The Bertz CT molecular complexity index is 838. The van der Waals surface area contributed by atoms with Gasteiger partial charge in [-0.05, 0) is 49.5 Å². The maximum atomic E-state index is 12.1. The largest absolute Gasteiger partial charge is 0.297 e. The zero-order chi connectivity index (χ0) is 15.7. The molecule has 0 radical (unpaired) electrons. The molecule has 5 nitrogen and oxygen atoms in total. The number of rotatable bonds is 3. The Morgan fingerprint density at radius 2 is 2.00 bits per heavy atom. The highest BCUT2D eigenvalue weighted by Crippen LogP contribution is 2.27. The van der Waals surface area contributed by atoms with E-state index in [4.69, 9.17) is 0 Å². The lowest BCUT2D eigenvalue weighted by Gasteiger charge is -2.02. The topological polar surface area (TPSA) is 67.8 Å². The van der Waals surface area contributed by atoms with Crippen molar-refractivity contribution in [2.75, 3.05) is 5.32 Å². The predicted molar refractivity (Wildman–Crippen MR) is 89.6 cm³/mol. The molecule has 3 rings (SSSR count). The van der Waals surface area contributed by atoms with E-state index in [1.807, 2.05) is 11.4 Å². The SMILES string of the molecule is Cc1ccc(-c2csc(NC(=O)c3snnc3C)n2)cc1C. The summed E-state index contributed by atoms with van der Waals surface area (Å²) in [6, 6.07) is 6.22. The van der Waals surface area contributed by atoms with Crippen molar-refractivity contribution >= 4 is 33.9 Å². The number of benzene rings is 1. The Morgan fingerprint density at radius 1 is 1.18 bits per heavy atom. The third kappa shape index (κ3) is 2.90. The van der Waals surface area contributed by atoms with Crippen LogP contribution in [0.4, 0.5) is 5.13 Å². The molecule has 0 aliphatic carbocycles. The molecule has 0 fully saturated rings.